The first kappa shape index (κ1) is 19.0. The third-order valence-electron chi connectivity index (χ3n) is 4.70. The number of nitriles is 1. The number of aliphatic carboxylic acids is 1. The number of hydrogen-bond donors (Lipinski definition) is 3. The molecule has 0 saturated heterocycles. The molecule has 8 nitrogen and oxygen atoms in total. The summed E-state index contributed by atoms with van der Waals surface area (Å²) in [5.74, 6) is -2.35. The number of carbonyl (C=O) groups excluding carboxylic acids is 1. The lowest BCUT2D eigenvalue weighted by molar-refractivity contribution is -0.134. The second-order valence-corrected chi connectivity index (χ2v) is 6.70. The fourth-order valence-electron chi connectivity index (χ4n) is 3.24. The number of H-pyrrole nitrogens is 1. The van der Waals surface area contributed by atoms with Gasteiger partial charge in [-0.1, -0.05) is 12.1 Å². The largest absolute Gasteiger partial charge is 0.477 e. The molecule has 0 unspecified atom stereocenters. The molecule has 0 spiro atoms. The van der Waals surface area contributed by atoms with Crippen LogP contribution in [0.25, 0.3) is 17.1 Å². The molecule has 1 aliphatic rings. The summed E-state index contributed by atoms with van der Waals surface area (Å²) in [5.41, 5.74) is 3.04. The van der Waals surface area contributed by atoms with Crippen LogP contribution in [0.1, 0.15) is 16.7 Å². The number of aromatic amines is 1. The summed E-state index contributed by atoms with van der Waals surface area (Å²) in [6, 6.07) is 11.0. The first-order valence-corrected chi connectivity index (χ1v) is 9.05. The van der Waals surface area contributed by atoms with Crippen molar-refractivity contribution in [1.82, 2.24) is 9.97 Å². The summed E-state index contributed by atoms with van der Waals surface area (Å²) >= 11 is 0. The number of benzene rings is 1. The summed E-state index contributed by atoms with van der Waals surface area (Å²) in [6.45, 7) is 1.82. The van der Waals surface area contributed by atoms with Crippen molar-refractivity contribution in [1.29, 1.82) is 5.26 Å². The number of rotatable bonds is 5. The van der Waals surface area contributed by atoms with Gasteiger partial charge in [0.25, 0.3) is 0 Å². The van der Waals surface area contributed by atoms with Crippen LogP contribution in [0.15, 0.2) is 59.9 Å². The maximum Gasteiger partial charge on any atom is 0.345 e. The van der Waals surface area contributed by atoms with Gasteiger partial charge in [0, 0.05) is 29.0 Å². The van der Waals surface area contributed by atoms with Crippen LogP contribution in [-0.4, -0.2) is 26.8 Å². The number of aromatic nitrogens is 2. The quantitative estimate of drug-likeness (QED) is 0.443. The van der Waals surface area contributed by atoms with Crippen molar-refractivity contribution < 1.29 is 19.4 Å². The van der Waals surface area contributed by atoms with Gasteiger partial charge in [0.05, 0.1) is 12.5 Å². The van der Waals surface area contributed by atoms with Gasteiger partial charge in [-0.05, 0) is 42.3 Å². The van der Waals surface area contributed by atoms with E-state index in [1.807, 2.05) is 19.1 Å². The Morgan fingerprint density at radius 1 is 1.40 bits per heavy atom. The zero-order valence-electron chi connectivity index (χ0n) is 15.9. The fourth-order valence-corrected chi connectivity index (χ4v) is 3.24. The molecule has 2 aromatic heterocycles. The van der Waals surface area contributed by atoms with E-state index in [2.05, 4.69) is 21.4 Å². The maximum absolute atomic E-state index is 12.7. The second kappa shape index (κ2) is 7.56. The Kier molecular flexibility index (Phi) is 4.78. The number of allylic oxidation sites excluding steroid dienone is 1. The van der Waals surface area contributed by atoms with Crippen LogP contribution in [-0.2, 0) is 20.7 Å². The lowest BCUT2D eigenvalue weighted by Gasteiger charge is -2.11. The molecule has 1 aliphatic heterocycles. The minimum atomic E-state index is -1.38. The summed E-state index contributed by atoms with van der Waals surface area (Å²) in [5, 5.41) is 22.1. The highest BCUT2D eigenvalue weighted by Gasteiger charge is 2.36. The Labute approximate surface area is 171 Å². The van der Waals surface area contributed by atoms with Crippen molar-refractivity contribution in [3.8, 4) is 6.07 Å². The van der Waals surface area contributed by atoms with Crippen LogP contribution in [0.2, 0.25) is 0 Å². The number of anilines is 1. The number of pyridine rings is 1. The average molecular weight is 400 g/mol. The predicted octanol–water partition coefficient (Wildman–Crippen LogP) is 3.29. The Balaban J connectivity index is 1.67. The third kappa shape index (κ3) is 3.40. The molecule has 0 atom stereocenters. The highest BCUT2D eigenvalue weighted by molar-refractivity contribution is 6.26. The number of fused-ring (bicyclic) bond motifs is 1. The number of aryl methyl sites for hydroxylation is 1. The van der Waals surface area contributed by atoms with Crippen molar-refractivity contribution >= 4 is 34.5 Å². The lowest BCUT2D eigenvalue weighted by atomic mass is 10.1. The number of nitrogens with one attached hydrogen (secondary N) is 2. The number of carbonyl (C=O) groups is 2. The van der Waals surface area contributed by atoms with Crippen molar-refractivity contribution in [3.05, 3.63) is 76.6 Å². The van der Waals surface area contributed by atoms with Gasteiger partial charge in [-0.15, -0.1) is 0 Å². The highest BCUT2D eigenvalue weighted by Crippen LogP contribution is 2.30. The average Bonchev–Trinajstić information content (AvgIpc) is 3.26. The van der Waals surface area contributed by atoms with E-state index in [4.69, 9.17) is 10.00 Å². The molecule has 4 rings (SSSR count). The molecule has 0 radical (unpaired) electrons. The van der Waals surface area contributed by atoms with Crippen LogP contribution in [0.3, 0.4) is 0 Å². The molecule has 8 heteroatoms. The molecule has 3 heterocycles. The van der Waals surface area contributed by atoms with Crippen LogP contribution < -0.4 is 5.32 Å². The fraction of sp³-hybridized carbons (Fsp3) is 0.0909. The first-order valence-electron chi connectivity index (χ1n) is 9.05. The zero-order chi connectivity index (χ0) is 21.3. The van der Waals surface area contributed by atoms with E-state index in [0.29, 0.717) is 16.9 Å². The van der Waals surface area contributed by atoms with Gasteiger partial charge < -0.3 is 20.1 Å². The van der Waals surface area contributed by atoms with Crippen molar-refractivity contribution in [2.24, 2.45) is 0 Å². The number of carboxylic acid groups (broad SMARTS) is 1. The van der Waals surface area contributed by atoms with E-state index in [9.17, 15) is 14.7 Å². The number of hydrogen-bond acceptors (Lipinski definition) is 6. The van der Waals surface area contributed by atoms with Crippen molar-refractivity contribution in [2.75, 3.05) is 5.32 Å². The molecular formula is C22H16N4O4. The molecule has 1 aromatic carbocycles. The first-order chi connectivity index (χ1) is 14.5. The van der Waals surface area contributed by atoms with E-state index in [0.717, 1.165) is 16.5 Å². The van der Waals surface area contributed by atoms with Gasteiger partial charge in [0.15, 0.2) is 11.3 Å². The molecule has 0 fully saturated rings. The molecule has 0 amide bonds. The topological polar surface area (TPSA) is 128 Å². The zero-order valence-corrected chi connectivity index (χ0v) is 15.9. The van der Waals surface area contributed by atoms with E-state index in [-0.39, 0.29) is 18.1 Å². The summed E-state index contributed by atoms with van der Waals surface area (Å²) in [7, 11) is 0. The Hall–Kier alpha value is -4.38. The summed E-state index contributed by atoms with van der Waals surface area (Å²) < 4.78 is 5.62. The van der Waals surface area contributed by atoms with Crippen LogP contribution >= 0.6 is 0 Å². The molecule has 0 saturated carbocycles. The van der Waals surface area contributed by atoms with Crippen LogP contribution in [0.4, 0.5) is 5.69 Å². The molecule has 0 aliphatic carbocycles. The molecule has 148 valence electrons. The highest BCUT2D eigenvalue weighted by atomic mass is 16.5. The molecule has 0 bridgehead atoms. The van der Waals surface area contributed by atoms with E-state index < -0.39 is 17.3 Å². The number of ether oxygens (including phenoxy) is 1. The molecular weight excluding hydrogens is 384 g/mol. The van der Waals surface area contributed by atoms with Gasteiger partial charge in [-0.2, -0.15) is 5.26 Å². The van der Waals surface area contributed by atoms with Gasteiger partial charge in [-0.25, -0.2) is 9.78 Å². The Morgan fingerprint density at radius 3 is 2.97 bits per heavy atom. The summed E-state index contributed by atoms with van der Waals surface area (Å²) in [4.78, 5) is 31.6. The molecule has 3 N–H and O–H groups in total. The Bertz CT molecular complexity index is 1290. The van der Waals surface area contributed by atoms with Crippen LogP contribution in [0.5, 0.6) is 0 Å². The monoisotopic (exact) mass is 400 g/mol. The van der Waals surface area contributed by atoms with E-state index >= 15 is 0 Å². The minimum Gasteiger partial charge on any atom is -0.477 e. The molecule has 30 heavy (non-hydrogen) atoms. The smallest absolute Gasteiger partial charge is 0.345 e. The number of Topliss-reactive ketones (excluding diaryl/α,β-unsaturated/α-hetero) is 1. The lowest BCUT2D eigenvalue weighted by Crippen LogP contribution is -2.12. The van der Waals surface area contributed by atoms with Crippen molar-refractivity contribution in [2.45, 2.75) is 13.3 Å². The van der Waals surface area contributed by atoms with Gasteiger partial charge in [-0.3, -0.25) is 4.79 Å². The number of nitrogens with zero attached hydrogens (tertiary/aromatic N) is 2. The van der Waals surface area contributed by atoms with Gasteiger partial charge >= 0.3 is 5.97 Å². The third-order valence-corrected chi connectivity index (χ3v) is 4.70. The number of ketones is 1. The SMILES string of the molecule is Cc1cc(CC#N)ccc1NC1=C(C(=O)O)C(=O)C(=Cc2c[nH]c3ncccc23)O1. The second-order valence-electron chi connectivity index (χ2n) is 6.70. The van der Waals surface area contributed by atoms with E-state index in [1.165, 1.54) is 6.08 Å². The van der Waals surface area contributed by atoms with Gasteiger partial charge in [0.1, 0.15) is 5.65 Å². The Morgan fingerprint density at radius 2 is 2.23 bits per heavy atom. The molecule has 3 aromatic rings. The standard InChI is InChI=1S/C22H16N4O4/c1-12-9-13(6-7-23)4-5-16(12)26-21-18(22(28)29)19(27)17(30-21)10-14-11-25-20-15(14)3-2-8-24-20/h2-5,8-11,26H,6H2,1H3,(H,24,25)(H,28,29). The van der Waals surface area contributed by atoms with Crippen LogP contribution in [0, 0.1) is 18.3 Å². The predicted molar refractivity (Wildman–Crippen MR) is 109 cm³/mol. The maximum atomic E-state index is 12.7. The van der Waals surface area contributed by atoms with Crippen molar-refractivity contribution in [3.63, 3.8) is 0 Å². The normalized spacial score (nSPS) is 14.8. The van der Waals surface area contributed by atoms with E-state index in [1.54, 1.807) is 30.6 Å². The summed E-state index contributed by atoms with van der Waals surface area (Å²) in [6.07, 6.45) is 5.07. The number of carboxylic acids is 1. The minimum absolute atomic E-state index is 0.0987. The van der Waals surface area contributed by atoms with Gasteiger partial charge in [0.2, 0.25) is 11.7 Å².